The van der Waals surface area contributed by atoms with Crippen LogP contribution in [-0.2, 0) is 9.53 Å². The topological polar surface area (TPSA) is 26.3 Å². The summed E-state index contributed by atoms with van der Waals surface area (Å²) < 4.78 is 128. The van der Waals surface area contributed by atoms with Crippen molar-refractivity contribution in [3.8, 4) is 0 Å². The van der Waals surface area contributed by atoms with E-state index in [1.54, 1.807) is 0 Å². The van der Waals surface area contributed by atoms with Gasteiger partial charge in [-0.15, -0.1) is 0 Å². The van der Waals surface area contributed by atoms with Crippen LogP contribution in [0.3, 0.4) is 0 Å². The van der Waals surface area contributed by atoms with Crippen molar-refractivity contribution in [3.05, 3.63) is 0 Å². The molecule has 12 heteroatoms. The zero-order valence-electron chi connectivity index (χ0n) is 11.0. The number of carbonyl (C=O) groups excluding carboxylic acids is 1. The predicted molar refractivity (Wildman–Crippen MR) is 51.3 cm³/mol. The Kier molecular flexibility index (Phi) is 5.77. The smallest absolute Gasteiger partial charge is 0.459 e. The summed E-state index contributed by atoms with van der Waals surface area (Å²) in [6, 6.07) is 0. The van der Waals surface area contributed by atoms with Gasteiger partial charge in [0.2, 0.25) is 0 Å². The minimum Gasteiger partial charge on any atom is -0.463 e. The van der Waals surface area contributed by atoms with Gasteiger partial charge >= 0.3 is 30.2 Å². The molecule has 0 saturated heterocycles. The second-order valence-corrected chi connectivity index (χ2v) is 4.56. The summed E-state index contributed by atoms with van der Waals surface area (Å²) in [5, 5.41) is 0. The van der Waals surface area contributed by atoms with Gasteiger partial charge in [-0.2, -0.15) is 43.9 Å². The average Bonchev–Trinajstić information content (AvgIpc) is 2.21. The second kappa shape index (κ2) is 6.11. The molecule has 0 spiro atoms. The van der Waals surface area contributed by atoms with Crippen LogP contribution >= 0.6 is 0 Å². The number of rotatable bonds is 5. The first-order valence-electron chi connectivity index (χ1n) is 5.53. The van der Waals surface area contributed by atoms with Crippen LogP contribution in [0.5, 0.6) is 0 Å². The number of carbonyl (C=O) groups is 1. The SMILES string of the molecule is CC(C)OC(=O)C(CC(F)(F)C(F)(F)C(F)(F)F)C(F)(F)F. The highest BCUT2D eigenvalue weighted by molar-refractivity contribution is 5.73. The number of esters is 1. The molecule has 0 aromatic heterocycles. The van der Waals surface area contributed by atoms with Crippen molar-refractivity contribution in [2.45, 2.75) is 50.6 Å². The number of halogens is 10. The minimum absolute atomic E-state index is 1.04. The van der Waals surface area contributed by atoms with Crippen LogP contribution in [-0.4, -0.2) is 36.3 Å². The Balaban J connectivity index is 5.53. The molecule has 132 valence electrons. The lowest BCUT2D eigenvalue weighted by Gasteiger charge is -2.31. The zero-order chi connectivity index (χ0) is 18.1. The van der Waals surface area contributed by atoms with Gasteiger partial charge in [-0.3, -0.25) is 4.79 Å². The van der Waals surface area contributed by atoms with Crippen LogP contribution in [0, 0.1) is 5.92 Å². The maximum absolute atomic E-state index is 13.0. The summed E-state index contributed by atoms with van der Waals surface area (Å²) in [7, 11) is 0. The summed E-state index contributed by atoms with van der Waals surface area (Å²) in [5.41, 5.74) is 0. The quantitative estimate of drug-likeness (QED) is 0.544. The number of hydrogen-bond donors (Lipinski definition) is 0. The minimum atomic E-state index is -6.78. The van der Waals surface area contributed by atoms with Crippen molar-refractivity contribution >= 4 is 5.97 Å². The van der Waals surface area contributed by atoms with E-state index >= 15 is 0 Å². The molecule has 2 nitrogen and oxygen atoms in total. The molecule has 22 heavy (non-hydrogen) atoms. The van der Waals surface area contributed by atoms with Gasteiger partial charge in [-0.05, 0) is 13.8 Å². The summed E-state index contributed by atoms with van der Waals surface area (Å²) in [6.45, 7) is 2.07. The number of ether oxygens (including phenoxy) is 1. The maximum atomic E-state index is 13.0. The monoisotopic (exact) mass is 352 g/mol. The molecule has 0 saturated carbocycles. The van der Waals surface area contributed by atoms with Gasteiger partial charge in [0.1, 0.15) is 0 Å². The van der Waals surface area contributed by atoms with E-state index in [0.717, 1.165) is 13.8 Å². The van der Waals surface area contributed by atoms with E-state index in [1.165, 1.54) is 0 Å². The first-order chi connectivity index (χ1) is 9.43. The normalized spacial score (nSPS) is 15.9. The third kappa shape index (κ3) is 4.63. The van der Waals surface area contributed by atoms with E-state index in [9.17, 15) is 48.7 Å². The molecule has 0 amide bonds. The molecule has 0 aliphatic carbocycles. The van der Waals surface area contributed by atoms with E-state index in [2.05, 4.69) is 4.74 Å². The Morgan fingerprint density at radius 3 is 1.59 bits per heavy atom. The van der Waals surface area contributed by atoms with E-state index in [1.807, 2.05) is 0 Å². The highest BCUT2D eigenvalue weighted by Crippen LogP contribution is 2.50. The molecule has 0 rings (SSSR count). The van der Waals surface area contributed by atoms with E-state index in [4.69, 9.17) is 0 Å². The van der Waals surface area contributed by atoms with Crippen molar-refractivity contribution < 1.29 is 53.4 Å². The molecule has 1 atom stereocenters. The lowest BCUT2D eigenvalue weighted by molar-refractivity contribution is -0.361. The fourth-order valence-electron chi connectivity index (χ4n) is 1.24. The van der Waals surface area contributed by atoms with Crippen molar-refractivity contribution in [1.29, 1.82) is 0 Å². The molecule has 0 bridgehead atoms. The van der Waals surface area contributed by atoms with Crippen LogP contribution < -0.4 is 0 Å². The van der Waals surface area contributed by atoms with Crippen molar-refractivity contribution in [2.24, 2.45) is 5.92 Å². The summed E-state index contributed by atoms with van der Waals surface area (Å²) in [5.74, 6) is -19.1. The van der Waals surface area contributed by atoms with Gasteiger partial charge < -0.3 is 4.74 Å². The highest BCUT2D eigenvalue weighted by atomic mass is 19.4. The fraction of sp³-hybridized carbons (Fsp3) is 0.900. The third-order valence-electron chi connectivity index (χ3n) is 2.31. The molecule has 0 N–H and O–H groups in total. The van der Waals surface area contributed by atoms with Crippen LogP contribution in [0.15, 0.2) is 0 Å². The van der Waals surface area contributed by atoms with Crippen molar-refractivity contribution in [1.82, 2.24) is 0 Å². The van der Waals surface area contributed by atoms with Crippen molar-refractivity contribution in [3.63, 3.8) is 0 Å². The van der Waals surface area contributed by atoms with Gasteiger partial charge in [0.15, 0.2) is 5.92 Å². The lowest BCUT2D eigenvalue weighted by atomic mass is 9.96. The van der Waals surface area contributed by atoms with Gasteiger partial charge in [0.25, 0.3) is 0 Å². The molecule has 0 aromatic carbocycles. The van der Waals surface area contributed by atoms with Crippen LogP contribution in [0.25, 0.3) is 0 Å². The van der Waals surface area contributed by atoms with E-state index < -0.39 is 48.6 Å². The third-order valence-corrected chi connectivity index (χ3v) is 2.31. The zero-order valence-corrected chi connectivity index (χ0v) is 11.0. The molecule has 1 unspecified atom stereocenters. The molecule has 0 aliphatic rings. The summed E-state index contributed by atoms with van der Waals surface area (Å²) in [4.78, 5) is 11.1. The predicted octanol–water partition coefficient (Wildman–Crippen LogP) is 4.34. The molecule has 0 radical (unpaired) electrons. The van der Waals surface area contributed by atoms with Crippen LogP contribution in [0.1, 0.15) is 20.3 Å². The summed E-state index contributed by atoms with van der Waals surface area (Å²) in [6.07, 6.45) is -16.9. The van der Waals surface area contributed by atoms with Crippen LogP contribution in [0.4, 0.5) is 43.9 Å². The first-order valence-corrected chi connectivity index (χ1v) is 5.53. The molecule has 0 fully saturated rings. The Labute approximate surface area is 117 Å². The van der Waals surface area contributed by atoms with Crippen LogP contribution in [0.2, 0.25) is 0 Å². The Bertz CT molecular complexity index is 395. The summed E-state index contributed by atoms with van der Waals surface area (Å²) >= 11 is 0. The fourth-order valence-corrected chi connectivity index (χ4v) is 1.24. The molecule has 0 aromatic rings. The number of alkyl halides is 10. The largest absolute Gasteiger partial charge is 0.463 e. The Morgan fingerprint density at radius 2 is 1.32 bits per heavy atom. The molecular weight excluding hydrogens is 342 g/mol. The molecule has 0 heterocycles. The Morgan fingerprint density at radius 1 is 0.909 bits per heavy atom. The second-order valence-electron chi connectivity index (χ2n) is 4.56. The standard InChI is InChI=1S/C10H10F10O2/c1-4(2)22-6(21)5(8(13,14)15)3-7(11,12)9(16,17)10(18,19)20/h4-5H,3H2,1-2H3. The van der Waals surface area contributed by atoms with Gasteiger partial charge in [0, 0.05) is 6.42 Å². The van der Waals surface area contributed by atoms with E-state index in [-0.39, 0.29) is 0 Å². The molecular formula is C10H10F10O2. The van der Waals surface area contributed by atoms with Gasteiger partial charge in [-0.1, -0.05) is 0 Å². The molecule has 0 aliphatic heterocycles. The Hall–Kier alpha value is -1.23. The average molecular weight is 352 g/mol. The number of hydrogen-bond acceptors (Lipinski definition) is 2. The highest BCUT2D eigenvalue weighted by Gasteiger charge is 2.74. The first kappa shape index (κ1) is 20.8. The van der Waals surface area contributed by atoms with Crippen molar-refractivity contribution in [2.75, 3.05) is 0 Å². The van der Waals surface area contributed by atoms with Gasteiger partial charge in [-0.25, -0.2) is 0 Å². The lowest BCUT2D eigenvalue weighted by Crippen LogP contribution is -2.54. The van der Waals surface area contributed by atoms with Gasteiger partial charge in [0.05, 0.1) is 6.10 Å². The maximum Gasteiger partial charge on any atom is 0.459 e. The van der Waals surface area contributed by atoms with E-state index in [0.29, 0.717) is 0 Å².